The first-order chi connectivity index (χ1) is 9.04. The Kier molecular flexibility index (Phi) is 5.00. The lowest BCUT2D eigenvalue weighted by atomic mass is 10.1. The molecule has 2 N–H and O–H groups in total. The average Bonchev–Trinajstić information content (AvgIpc) is 2.57. The van der Waals surface area contributed by atoms with Crippen LogP contribution in [0.2, 0.25) is 0 Å². The molecule has 0 aromatic carbocycles. The van der Waals surface area contributed by atoms with E-state index in [9.17, 15) is 13.5 Å². The molecule has 1 aliphatic rings. The van der Waals surface area contributed by atoms with E-state index >= 15 is 0 Å². The van der Waals surface area contributed by atoms with Crippen molar-refractivity contribution >= 4 is 21.4 Å². The molecule has 0 unspecified atom stereocenters. The molecular weight excluding hydrogens is 282 g/mol. The number of rotatable bonds is 4. The van der Waals surface area contributed by atoms with Gasteiger partial charge in [0.05, 0.1) is 11.5 Å². The number of hydrogen-bond acceptors (Lipinski definition) is 4. The van der Waals surface area contributed by atoms with Gasteiger partial charge in [0.1, 0.15) is 4.90 Å². The van der Waals surface area contributed by atoms with Crippen LogP contribution in [0.4, 0.5) is 0 Å². The third-order valence-electron chi connectivity index (χ3n) is 3.58. The predicted octanol–water partition coefficient (Wildman–Crippen LogP) is 2.55. The molecule has 108 valence electrons. The molecule has 1 aliphatic carbocycles. The second kappa shape index (κ2) is 6.35. The van der Waals surface area contributed by atoms with Crippen molar-refractivity contribution in [1.82, 2.24) is 4.72 Å². The second-order valence-electron chi connectivity index (χ2n) is 5.14. The molecular formula is C13H21NO3S2. The van der Waals surface area contributed by atoms with E-state index in [4.69, 9.17) is 0 Å². The maximum atomic E-state index is 12.5. The summed E-state index contributed by atoms with van der Waals surface area (Å²) in [6, 6.07) is 0.0401. The molecule has 4 nitrogen and oxygen atoms in total. The summed E-state index contributed by atoms with van der Waals surface area (Å²) in [5.74, 6) is 0. The Morgan fingerprint density at radius 2 is 1.95 bits per heavy atom. The van der Waals surface area contributed by atoms with E-state index in [0.29, 0.717) is 4.88 Å². The van der Waals surface area contributed by atoms with Crippen molar-refractivity contribution in [2.24, 2.45) is 0 Å². The Morgan fingerprint density at radius 1 is 1.32 bits per heavy atom. The normalized spacial score (nSPS) is 18.4. The van der Waals surface area contributed by atoms with Gasteiger partial charge in [-0.2, -0.15) is 0 Å². The number of nitrogens with one attached hydrogen (secondary N) is 1. The van der Waals surface area contributed by atoms with Crippen LogP contribution in [-0.4, -0.2) is 19.6 Å². The fourth-order valence-corrected chi connectivity index (χ4v) is 5.60. The summed E-state index contributed by atoms with van der Waals surface area (Å²) in [6.07, 6.45) is 6.38. The molecule has 0 atom stereocenters. The van der Waals surface area contributed by atoms with Crippen molar-refractivity contribution in [1.29, 1.82) is 0 Å². The lowest BCUT2D eigenvalue weighted by Gasteiger charge is -2.17. The largest absolute Gasteiger partial charge is 0.391 e. The molecule has 2 rings (SSSR count). The topological polar surface area (TPSA) is 66.4 Å². The highest BCUT2D eigenvalue weighted by molar-refractivity contribution is 7.89. The van der Waals surface area contributed by atoms with Crippen LogP contribution in [0.15, 0.2) is 10.3 Å². The van der Waals surface area contributed by atoms with Crippen LogP contribution in [0.3, 0.4) is 0 Å². The molecule has 1 aromatic heterocycles. The molecule has 19 heavy (non-hydrogen) atoms. The van der Waals surface area contributed by atoms with Crippen molar-refractivity contribution in [3.63, 3.8) is 0 Å². The molecule has 0 aliphatic heterocycles. The minimum atomic E-state index is -3.51. The number of aliphatic hydroxyl groups is 1. The number of sulfonamides is 1. The van der Waals surface area contributed by atoms with Crippen LogP contribution < -0.4 is 4.72 Å². The fourth-order valence-electron chi connectivity index (χ4n) is 2.63. The molecule has 1 fully saturated rings. The number of thiophene rings is 1. The quantitative estimate of drug-likeness (QED) is 0.840. The van der Waals surface area contributed by atoms with E-state index < -0.39 is 10.0 Å². The van der Waals surface area contributed by atoms with Gasteiger partial charge in [0.15, 0.2) is 0 Å². The SMILES string of the molecule is Cc1csc(CO)c1S(=O)(=O)NC1CCCCCC1. The van der Waals surface area contributed by atoms with E-state index in [1.165, 1.54) is 24.2 Å². The van der Waals surface area contributed by atoms with Crippen LogP contribution in [0.1, 0.15) is 49.0 Å². The second-order valence-corrected chi connectivity index (χ2v) is 7.75. The molecule has 1 saturated carbocycles. The Hall–Kier alpha value is -0.430. The van der Waals surface area contributed by atoms with E-state index in [1.807, 2.05) is 0 Å². The molecule has 0 spiro atoms. The Bertz CT molecular complexity index is 514. The maximum absolute atomic E-state index is 12.5. The van der Waals surface area contributed by atoms with Gasteiger partial charge in [0.2, 0.25) is 10.0 Å². The zero-order valence-electron chi connectivity index (χ0n) is 11.2. The van der Waals surface area contributed by atoms with Crippen LogP contribution in [0.5, 0.6) is 0 Å². The molecule has 1 heterocycles. The van der Waals surface area contributed by atoms with Crippen molar-refractivity contribution in [2.75, 3.05) is 0 Å². The first kappa shape index (κ1) is 15.0. The van der Waals surface area contributed by atoms with Crippen LogP contribution in [0, 0.1) is 6.92 Å². The van der Waals surface area contributed by atoms with Gasteiger partial charge < -0.3 is 5.11 Å². The summed E-state index contributed by atoms with van der Waals surface area (Å²) in [6.45, 7) is 1.55. The summed E-state index contributed by atoms with van der Waals surface area (Å²) >= 11 is 1.30. The molecule has 1 aromatic rings. The highest BCUT2D eigenvalue weighted by atomic mass is 32.2. The van der Waals surface area contributed by atoms with Gasteiger partial charge in [-0.05, 0) is 30.7 Å². The van der Waals surface area contributed by atoms with Crippen molar-refractivity contribution < 1.29 is 13.5 Å². The first-order valence-corrected chi connectivity index (χ1v) is 9.11. The van der Waals surface area contributed by atoms with Gasteiger partial charge in [-0.3, -0.25) is 0 Å². The minimum absolute atomic E-state index is 0.0401. The van der Waals surface area contributed by atoms with Gasteiger partial charge in [-0.1, -0.05) is 25.7 Å². The summed E-state index contributed by atoms with van der Waals surface area (Å²) in [7, 11) is -3.51. The Balaban J connectivity index is 2.19. The van der Waals surface area contributed by atoms with Gasteiger partial charge in [-0.25, -0.2) is 13.1 Å². The van der Waals surface area contributed by atoms with Gasteiger partial charge in [-0.15, -0.1) is 11.3 Å². The summed E-state index contributed by atoms with van der Waals surface area (Å²) in [4.78, 5) is 0.808. The maximum Gasteiger partial charge on any atom is 0.242 e. The van der Waals surface area contributed by atoms with Crippen LogP contribution in [0.25, 0.3) is 0 Å². The van der Waals surface area contributed by atoms with Gasteiger partial charge in [0, 0.05) is 6.04 Å². The fraction of sp³-hybridized carbons (Fsp3) is 0.692. The summed E-state index contributed by atoms with van der Waals surface area (Å²) < 4.78 is 27.7. The van der Waals surface area contributed by atoms with E-state index in [-0.39, 0.29) is 17.5 Å². The monoisotopic (exact) mass is 303 g/mol. The number of aliphatic hydroxyl groups excluding tert-OH is 1. The van der Waals surface area contributed by atoms with Crippen LogP contribution >= 0.6 is 11.3 Å². The minimum Gasteiger partial charge on any atom is -0.391 e. The zero-order chi connectivity index (χ0) is 13.9. The zero-order valence-corrected chi connectivity index (χ0v) is 12.8. The van der Waals surface area contributed by atoms with E-state index in [0.717, 1.165) is 31.2 Å². The Labute approximate surface area is 118 Å². The van der Waals surface area contributed by atoms with Gasteiger partial charge >= 0.3 is 0 Å². The van der Waals surface area contributed by atoms with Crippen molar-refractivity contribution in [3.8, 4) is 0 Å². The summed E-state index contributed by atoms with van der Waals surface area (Å²) in [5.41, 5.74) is 0.718. The molecule has 0 bridgehead atoms. The molecule has 0 radical (unpaired) electrons. The summed E-state index contributed by atoms with van der Waals surface area (Å²) in [5, 5.41) is 11.0. The Morgan fingerprint density at radius 3 is 2.53 bits per heavy atom. The standard InChI is InChI=1S/C13H21NO3S2/c1-10-9-18-12(8-15)13(10)19(16,17)14-11-6-4-2-3-5-7-11/h9,11,14-15H,2-8H2,1H3. The number of hydrogen-bond donors (Lipinski definition) is 2. The van der Waals surface area contributed by atoms with Crippen molar-refractivity contribution in [2.45, 2.75) is 63.0 Å². The van der Waals surface area contributed by atoms with Crippen molar-refractivity contribution in [3.05, 3.63) is 15.8 Å². The lowest BCUT2D eigenvalue weighted by Crippen LogP contribution is -2.35. The molecule has 0 saturated heterocycles. The highest BCUT2D eigenvalue weighted by Gasteiger charge is 2.26. The van der Waals surface area contributed by atoms with Gasteiger partial charge in [0.25, 0.3) is 0 Å². The highest BCUT2D eigenvalue weighted by Crippen LogP contribution is 2.28. The molecule has 0 amide bonds. The van der Waals surface area contributed by atoms with Crippen LogP contribution in [-0.2, 0) is 16.6 Å². The van der Waals surface area contributed by atoms with E-state index in [2.05, 4.69) is 4.72 Å². The van der Waals surface area contributed by atoms with E-state index in [1.54, 1.807) is 12.3 Å². The third-order valence-corrected chi connectivity index (χ3v) is 6.55. The molecule has 6 heteroatoms. The number of aryl methyl sites for hydroxylation is 1. The first-order valence-electron chi connectivity index (χ1n) is 6.75. The lowest BCUT2D eigenvalue weighted by molar-refractivity contribution is 0.282. The average molecular weight is 303 g/mol. The smallest absolute Gasteiger partial charge is 0.242 e. The predicted molar refractivity (Wildman–Crippen MR) is 76.8 cm³/mol. The third kappa shape index (κ3) is 3.56.